The van der Waals surface area contributed by atoms with Crippen LogP contribution in [0.15, 0.2) is 29.1 Å². The second-order valence-corrected chi connectivity index (χ2v) is 5.30. The number of piperazine rings is 1. The third-order valence-electron chi connectivity index (χ3n) is 3.78. The van der Waals surface area contributed by atoms with Gasteiger partial charge >= 0.3 is 11.7 Å². The van der Waals surface area contributed by atoms with Crippen LogP contribution in [0.2, 0.25) is 0 Å². The average molecular weight is 303 g/mol. The lowest BCUT2D eigenvalue weighted by Crippen LogP contribution is -2.44. The highest BCUT2D eigenvalue weighted by Gasteiger charge is 2.15. The Labute approximate surface area is 126 Å². The molecule has 1 saturated heterocycles. The quantitative estimate of drug-likeness (QED) is 0.829. The zero-order chi connectivity index (χ0) is 15.7. The molecule has 0 aliphatic carbocycles. The van der Waals surface area contributed by atoms with Crippen LogP contribution in [0, 0.1) is 0 Å². The van der Waals surface area contributed by atoms with Crippen LogP contribution in [0.5, 0.6) is 0 Å². The minimum absolute atomic E-state index is 0.367. The molecular weight excluding hydrogens is 286 g/mol. The van der Waals surface area contributed by atoms with Gasteiger partial charge in [-0.1, -0.05) is 0 Å². The number of H-pyrrole nitrogens is 1. The summed E-state index contributed by atoms with van der Waals surface area (Å²) in [5.74, 6) is -1.63. The van der Waals surface area contributed by atoms with Crippen molar-refractivity contribution in [3.8, 4) is 5.69 Å². The summed E-state index contributed by atoms with van der Waals surface area (Å²) in [5, 5.41) is 12.6. The number of carboxylic acid groups (broad SMARTS) is 1. The van der Waals surface area contributed by atoms with Crippen molar-refractivity contribution < 1.29 is 9.90 Å². The fourth-order valence-electron chi connectivity index (χ4n) is 2.47. The van der Waals surface area contributed by atoms with E-state index in [0.29, 0.717) is 5.69 Å². The van der Waals surface area contributed by atoms with E-state index in [1.54, 1.807) is 12.1 Å². The molecule has 0 amide bonds. The van der Waals surface area contributed by atoms with E-state index in [1.807, 2.05) is 12.1 Å². The first kappa shape index (κ1) is 14.3. The van der Waals surface area contributed by atoms with E-state index in [0.717, 1.165) is 36.5 Å². The lowest BCUT2D eigenvalue weighted by molar-refractivity contribution is 0.0683. The standard InChI is InChI=1S/C14H17N5O3/c1-17-6-8-18(9-7-17)10-2-4-11(5-3-10)19-14(22)15-12(16-19)13(20)21/h2-5H,6-9H2,1H3,(H,20,21)(H,15,16,22). The van der Waals surface area contributed by atoms with E-state index < -0.39 is 11.7 Å². The summed E-state index contributed by atoms with van der Waals surface area (Å²) in [6.07, 6.45) is 0. The van der Waals surface area contributed by atoms with Gasteiger partial charge in [-0.25, -0.2) is 9.59 Å². The number of aromatic carboxylic acids is 1. The van der Waals surface area contributed by atoms with Gasteiger partial charge in [0.05, 0.1) is 5.69 Å². The average Bonchev–Trinajstić information content (AvgIpc) is 2.91. The number of hydrogen-bond donors (Lipinski definition) is 2. The van der Waals surface area contributed by atoms with Crippen LogP contribution in [0.1, 0.15) is 10.6 Å². The van der Waals surface area contributed by atoms with Gasteiger partial charge in [0.2, 0.25) is 5.82 Å². The predicted molar refractivity (Wildman–Crippen MR) is 80.9 cm³/mol. The summed E-state index contributed by atoms with van der Waals surface area (Å²) < 4.78 is 1.05. The molecular formula is C14H17N5O3. The molecule has 3 rings (SSSR count). The van der Waals surface area contributed by atoms with Gasteiger partial charge in [0.15, 0.2) is 0 Å². The van der Waals surface area contributed by atoms with Gasteiger partial charge in [-0.15, -0.1) is 5.10 Å². The van der Waals surface area contributed by atoms with Gasteiger partial charge in [-0.3, -0.25) is 4.98 Å². The minimum Gasteiger partial charge on any atom is -0.475 e. The summed E-state index contributed by atoms with van der Waals surface area (Å²) in [7, 11) is 2.10. The first-order valence-corrected chi connectivity index (χ1v) is 7.01. The van der Waals surface area contributed by atoms with Crippen LogP contribution in [0.3, 0.4) is 0 Å². The molecule has 1 fully saturated rings. The SMILES string of the molecule is CN1CCN(c2ccc(-n3nc(C(=O)O)[nH]c3=O)cc2)CC1. The number of rotatable bonds is 3. The van der Waals surface area contributed by atoms with E-state index in [2.05, 4.69) is 26.9 Å². The number of carboxylic acids is 1. The van der Waals surface area contributed by atoms with Gasteiger partial charge in [0.1, 0.15) is 0 Å². The van der Waals surface area contributed by atoms with Crippen molar-refractivity contribution >= 4 is 11.7 Å². The normalized spacial score (nSPS) is 16.0. The number of carbonyl (C=O) groups is 1. The van der Waals surface area contributed by atoms with Crippen molar-refractivity contribution in [2.24, 2.45) is 0 Å². The smallest absolute Gasteiger partial charge is 0.373 e. The van der Waals surface area contributed by atoms with Gasteiger partial charge in [-0.2, -0.15) is 4.68 Å². The molecule has 1 aromatic heterocycles. The lowest BCUT2D eigenvalue weighted by atomic mass is 10.2. The Bertz CT molecular complexity index is 726. The molecule has 8 heteroatoms. The Morgan fingerprint density at radius 2 is 1.73 bits per heavy atom. The van der Waals surface area contributed by atoms with Gasteiger partial charge in [0, 0.05) is 31.9 Å². The third-order valence-corrected chi connectivity index (χ3v) is 3.78. The Morgan fingerprint density at radius 1 is 1.14 bits per heavy atom. The summed E-state index contributed by atoms with van der Waals surface area (Å²) in [4.78, 5) is 29.3. The highest BCUT2D eigenvalue weighted by Crippen LogP contribution is 2.18. The maximum Gasteiger partial charge on any atom is 0.373 e. The second kappa shape index (κ2) is 5.64. The third kappa shape index (κ3) is 2.73. The maximum absolute atomic E-state index is 11.7. The first-order valence-electron chi connectivity index (χ1n) is 7.01. The molecule has 1 aromatic carbocycles. The summed E-state index contributed by atoms with van der Waals surface area (Å²) in [6.45, 7) is 3.95. The molecule has 0 unspecified atom stereocenters. The van der Waals surface area contributed by atoms with Crippen molar-refractivity contribution in [2.45, 2.75) is 0 Å². The van der Waals surface area contributed by atoms with E-state index in [-0.39, 0.29) is 5.82 Å². The van der Waals surface area contributed by atoms with Crippen LogP contribution < -0.4 is 10.6 Å². The molecule has 8 nitrogen and oxygen atoms in total. The van der Waals surface area contributed by atoms with Crippen LogP contribution in [0.25, 0.3) is 5.69 Å². The molecule has 116 valence electrons. The van der Waals surface area contributed by atoms with E-state index in [4.69, 9.17) is 5.11 Å². The van der Waals surface area contributed by atoms with Crippen molar-refractivity contribution in [3.63, 3.8) is 0 Å². The monoisotopic (exact) mass is 303 g/mol. The minimum atomic E-state index is -1.26. The number of nitrogens with one attached hydrogen (secondary N) is 1. The van der Waals surface area contributed by atoms with Crippen LogP contribution >= 0.6 is 0 Å². The van der Waals surface area contributed by atoms with Gasteiger partial charge in [-0.05, 0) is 31.3 Å². The fraction of sp³-hybridized carbons (Fsp3) is 0.357. The molecule has 0 radical (unpaired) electrons. The molecule has 2 N–H and O–H groups in total. The van der Waals surface area contributed by atoms with Crippen LogP contribution in [-0.4, -0.2) is 64.0 Å². The Balaban J connectivity index is 1.82. The van der Waals surface area contributed by atoms with Crippen LogP contribution in [0.4, 0.5) is 5.69 Å². The fourth-order valence-corrected chi connectivity index (χ4v) is 2.47. The number of anilines is 1. The Hall–Kier alpha value is -2.61. The second-order valence-electron chi connectivity index (χ2n) is 5.30. The van der Waals surface area contributed by atoms with E-state index >= 15 is 0 Å². The molecule has 1 aliphatic rings. The lowest BCUT2D eigenvalue weighted by Gasteiger charge is -2.34. The number of nitrogens with zero attached hydrogens (tertiary/aromatic N) is 4. The number of benzene rings is 1. The predicted octanol–water partition coefficient (Wildman–Crippen LogP) is 0.0106. The first-order chi connectivity index (χ1) is 10.5. The van der Waals surface area contributed by atoms with Crippen molar-refractivity contribution in [2.75, 3.05) is 38.1 Å². The maximum atomic E-state index is 11.7. The summed E-state index contributed by atoms with van der Waals surface area (Å²) in [5.41, 5.74) is 1.05. The molecule has 0 bridgehead atoms. The van der Waals surface area contributed by atoms with Crippen molar-refractivity contribution in [1.29, 1.82) is 0 Å². The largest absolute Gasteiger partial charge is 0.475 e. The zero-order valence-electron chi connectivity index (χ0n) is 12.2. The van der Waals surface area contributed by atoms with Crippen molar-refractivity contribution in [1.82, 2.24) is 19.7 Å². The number of aromatic nitrogens is 3. The number of aromatic amines is 1. The highest BCUT2D eigenvalue weighted by molar-refractivity contribution is 5.82. The molecule has 1 aliphatic heterocycles. The molecule has 22 heavy (non-hydrogen) atoms. The van der Waals surface area contributed by atoms with Gasteiger partial charge < -0.3 is 14.9 Å². The number of likely N-dealkylation sites (N-methyl/N-ethyl adjacent to an activating group) is 1. The molecule has 0 saturated carbocycles. The van der Waals surface area contributed by atoms with Crippen LogP contribution in [-0.2, 0) is 0 Å². The molecule has 0 atom stereocenters. The van der Waals surface area contributed by atoms with E-state index in [9.17, 15) is 9.59 Å². The number of hydrogen-bond acceptors (Lipinski definition) is 5. The van der Waals surface area contributed by atoms with Gasteiger partial charge in [0.25, 0.3) is 0 Å². The van der Waals surface area contributed by atoms with E-state index in [1.165, 1.54) is 0 Å². The molecule has 2 heterocycles. The molecule has 0 spiro atoms. The Kier molecular flexibility index (Phi) is 3.68. The summed E-state index contributed by atoms with van der Waals surface area (Å²) in [6, 6.07) is 7.37. The highest BCUT2D eigenvalue weighted by atomic mass is 16.4. The zero-order valence-corrected chi connectivity index (χ0v) is 12.2. The molecule has 2 aromatic rings. The summed E-state index contributed by atoms with van der Waals surface area (Å²) >= 11 is 0. The topological polar surface area (TPSA) is 94.5 Å². The van der Waals surface area contributed by atoms with Crippen molar-refractivity contribution in [3.05, 3.63) is 40.6 Å². The Morgan fingerprint density at radius 3 is 2.27 bits per heavy atom.